The van der Waals surface area contributed by atoms with Crippen LogP contribution in [-0.2, 0) is 4.74 Å². The van der Waals surface area contributed by atoms with Crippen molar-refractivity contribution in [2.45, 2.75) is 25.8 Å². The molecule has 0 N–H and O–H groups in total. The number of anilines is 1. The first-order chi connectivity index (χ1) is 8.15. The number of hydrogen-bond donors (Lipinski definition) is 0. The van der Waals surface area contributed by atoms with Crippen molar-refractivity contribution in [2.24, 2.45) is 5.92 Å². The van der Waals surface area contributed by atoms with Crippen molar-refractivity contribution in [3.63, 3.8) is 0 Å². The molecule has 2 heterocycles. The topological polar surface area (TPSA) is 55.3 Å². The molecule has 2 aliphatic rings. The molecule has 1 aromatic rings. The van der Waals surface area contributed by atoms with Gasteiger partial charge in [-0.1, -0.05) is 0 Å². The lowest BCUT2D eigenvalue weighted by molar-refractivity contribution is 0.178. The summed E-state index contributed by atoms with van der Waals surface area (Å²) in [6.45, 7) is 2.04. The fourth-order valence-electron chi connectivity index (χ4n) is 2.17. The minimum Gasteiger partial charge on any atom is -0.447 e. The maximum absolute atomic E-state index is 13.2. The first-order valence-corrected chi connectivity index (χ1v) is 5.62. The Morgan fingerprint density at radius 3 is 2.88 bits per heavy atom. The van der Waals surface area contributed by atoms with E-state index in [1.807, 2.05) is 0 Å². The Labute approximate surface area is 97.6 Å². The summed E-state index contributed by atoms with van der Waals surface area (Å²) < 4.78 is 18.2. The molecule has 0 radical (unpaired) electrons. The second-order valence-corrected chi connectivity index (χ2v) is 4.49. The Morgan fingerprint density at radius 1 is 1.47 bits per heavy atom. The Bertz CT molecular complexity index is 456. The number of rotatable bonds is 2. The quantitative estimate of drug-likeness (QED) is 0.734. The first kappa shape index (κ1) is 10.4. The van der Waals surface area contributed by atoms with E-state index in [0.717, 1.165) is 12.8 Å². The molecule has 0 spiro atoms. The molecule has 5 nitrogen and oxygen atoms in total. The number of nitrogens with zero attached hydrogens (tertiary/aromatic N) is 3. The third-order valence-electron chi connectivity index (χ3n) is 3.13. The normalized spacial score (nSPS) is 24.0. The van der Waals surface area contributed by atoms with Gasteiger partial charge in [-0.25, -0.2) is 9.78 Å². The van der Waals surface area contributed by atoms with Gasteiger partial charge >= 0.3 is 12.2 Å². The maximum atomic E-state index is 13.2. The van der Waals surface area contributed by atoms with Gasteiger partial charge in [0.25, 0.3) is 0 Å². The number of carbonyl (C=O) groups is 1. The van der Waals surface area contributed by atoms with Crippen LogP contribution in [0, 0.1) is 18.9 Å². The molecule has 1 atom stereocenters. The van der Waals surface area contributed by atoms with Gasteiger partial charge in [-0.2, -0.15) is 9.37 Å². The van der Waals surface area contributed by atoms with Crippen molar-refractivity contribution in [3.05, 3.63) is 17.8 Å². The zero-order valence-electron chi connectivity index (χ0n) is 9.39. The summed E-state index contributed by atoms with van der Waals surface area (Å²) in [5, 5.41) is 0. The average molecular weight is 237 g/mol. The Balaban J connectivity index is 1.97. The summed E-state index contributed by atoms with van der Waals surface area (Å²) in [6.07, 6.45) is 0.919. The van der Waals surface area contributed by atoms with E-state index in [1.165, 1.54) is 4.90 Å². The number of amides is 1. The summed E-state index contributed by atoms with van der Waals surface area (Å²) >= 11 is 0. The summed E-state index contributed by atoms with van der Waals surface area (Å²) in [5.74, 6) is 0.759. The molecule has 1 aliphatic heterocycles. The second kappa shape index (κ2) is 3.65. The van der Waals surface area contributed by atoms with Crippen LogP contribution in [0.1, 0.15) is 18.5 Å². The van der Waals surface area contributed by atoms with Gasteiger partial charge in [0.2, 0.25) is 0 Å². The molecule has 17 heavy (non-hydrogen) atoms. The Kier molecular flexibility index (Phi) is 2.24. The fraction of sp³-hybridized carbons (Fsp3) is 0.545. The predicted octanol–water partition coefficient (Wildman–Crippen LogP) is 1.66. The number of halogens is 1. The summed E-state index contributed by atoms with van der Waals surface area (Å²) in [6, 6.07) is 1.60. The summed E-state index contributed by atoms with van der Waals surface area (Å²) in [4.78, 5) is 20.3. The maximum Gasteiger partial charge on any atom is 0.415 e. The number of ether oxygens (including phenoxy) is 1. The number of aromatic nitrogens is 2. The van der Waals surface area contributed by atoms with Crippen molar-refractivity contribution in [2.75, 3.05) is 11.5 Å². The van der Waals surface area contributed by atoms with E-state index in [1.54, 1.807) is 13.0 Å². The van der Waals surface area contributed by atoms with Crippen molar-refractivity contribution in [3.8, 4) is 0 Å². The summed E-state index contributed by atoms with van der Waals surface area (Å²) in [7, 11) is 0. The molecule has 1 saturated heterocycles. The van der Waals surface area contributed by atoms with Gasteiger partial charge in [0, 0.05) is 11.8 Å². The smallest absolute Gasteiger partial charge is 0.415 e. The van der Waals surface area contributed by atoms with Crippen molar-refractivity contribution >= 4 is 11.9 Å². The highest BCUT2D eigenvalue weighted by atomic mass is 19.1. The third-order valence-corrected chi connectivity index (χ3v) is 3.13. The monoisotopic (exact) mass is 237 g/mol. The summed E-state index contributed by atoms with van der Waals surface area (Å²) in [5.41, 5.74) is 0.502. The van der Waals surface area contributed by atoms with E-state index in [4.69, 9.17) is 4.74 Å². The second-order valence-electron chi connectivity index (χ2n) is 4.49. The molecule has 90 valence electrons. The SMILES string of the molecule is Cc1cc(N2C(=O)OCC2C2CC2)nc(F)n1. The zero-order valence-corrected chi connectivity index (χ0v) is 9.39. The van der Waals surface area contributed by atoms with Crippen molar-refractivity contribution in [1.29, 1.82) is 0 Å². The van der Waals surface area contributed by atoms with Crippen LogP contribution in [0.15, 0.2) is 6.07 Å². The van der Waals surface area contributed by atoms with Crippen LogP contribution in [0.4, 0.5) is 15.0 Å². The lowest BCUT2D eigenvalue weighted by Crippen LogP contribution is -2.36. The van der Waals surface area contributed by atoms with E-state index in [-0.39, 0.29) is 6.04 Å². The third kappa shape index (κ3) is 1.83. The van der Waals surface area contributed by atoms with E-state index in [0.29, 0.717) is 24.0 Å². The highest BCUT2D eigenvalue weighted by molar-refractivity contribution is 5.89. The fourth-order valence-corrected chi connectivity index (χ4v) is 2.17. The van der Waals surface area contributed by atoms with Crippen LogP contribution >= 0.6 is 0 Å². The van der Waals surface area contributed by atoms with Gasteiger partial charge in [0.1, 0.15) is 12.4 Å². The van der Waals surface area contributed by atoms with Crippen molar-refractivity contribution in [1.82, 2.24) is 9.97 Å². The molecule has 6 heteroatoms. The molecule has 1 amide bonds. The number of carbonyl (C=O) groups excluding carboxylic acids is 1. The minimum atomic E-state index is -0.811. The van der Waals surface area contributed by atoms with E-state index < -0.39 is 12.2 Å². The highest BCUT2D eigenvalue weighted by Crippen LogP contribution is 2.39. The molecular weight excluding hydrogens is 225 g/mol. The van der Waals surface area contributed by atoms with Crippen LogP contribution in [0.25, 0.3) is 0 Å². The molecule has 0 bridgehead atoms. The molecule has 0 aromatic carbocycles. The van der Waals surface area contributed by atoms with Gasteiger partial charge in [0.05, 0.1) is 6.04 Å². The Hall–Kier alpha value is -1.72. The van der Waals surface area contributed by atoms with Gasteiger partial charge < -0.3 is 4.74 Å². The molecule has 1 saturated carbocycles. The standard InChI is InChI=1S/C11H12FN3O2/c1-6-4-9(14-10(12)13-6)15-8(7-2-3-7)5-17-11(15)16/h4,7-8H,2-3,5H2,1H3. The van der Waals surface area contributed by atoms with Crippen LogP contribution in [0.5, 0.6) is 0 Å². The van der Waals surface area contributed by atoms with Crippen LogP contribution in [0.2, 0.25) is 0 Å². The lowest BCUT2D eigenvalue weighted by atomic mass is 10.2. The van der Waals surface area contributed by atoms with Gasteiger partial charge in [-0.3, -0.25) is 4.90 Å². The molecule has 1 unspecified atom stereocenters. The number of aryl methyl sites for hydroxylation is 1. The molecular formula is C11H12FN3O2. The minimum absolute atomic E-state index is 0.00352. The van der Waals surface area contributed by atoms with Crippen LogP contribution in [-0.4, -0.2) is 28.7 Å². The van der Waals surface area contributed by atoms with Gasteiger partial charge in [-0.05, 0) is 25.7 Å². The predicted molar refractivity (Wildman–Crippen MR) is 57.1 cm³/mol. The molecule has 1 aliphatic carbocycles. The number of cyclic esters (lactones) is 1. The van der Waals surface area contributed by atoms with Crippen LogP contribution in [0.3, 0.4) is 0 Å². The average Bonchev–Trinajstić information content (AvgIpc) is 3.01. The molecule has 2 fully saturated rings. The zero-order chi connectivity index (χ0) is 12.0. The van der Waals surface area contributed by atoms with Crippen molar-refractivity contribution < 1.29 is 13.9 Å². The van der Waals surface area contributed by atoms with E-state index in [2.05, 4.69) is 9.97 Å². The van der Waals surface area contributed by atoms with E-state index >= 15 is 0 Å². The lowest BCUT2D eigenvalue weighted by Gasteiger charge is -2.19. The largest absolute Gasteiger partial charge is 0.447 e. The molecule has 3 rings (SSSR count). The number of hydrogen-bond acceptors (Lipinski definition) is 4. The van der Waals surface area contributed by atoms with Gasteiger partial charge in [0.15, 0.2) is 0 Å². The van der Waals surface area contributed by atoms with E-state index in [9.17, 15) is 9.18 Å². The molecule has 1 aromatic heterocycles. The first-order valence-electron chi connectivity index (χ1n) is 5.62. The Morgan fingerprint density at radius 2 is 2.24 bits per heavy atom. The van der Waals surface area contributed by atoms with Crippen LogP contribution < -0.4 is 4.90 Å². The highest BCUT2D eigenvalue weighted by Gasteiger charge is 2.44. The van der Waals surface area contributed by atoms with Gasteiger partial charge in [-0.15, -0.1) is 0 Å².